The molecule has 0 saturated carbocycles. The highest BCUT2D eigenvalue weighted by atomic mass is 16.5. The first-order valence-electron chi connectivity index (χ1n) is 8.58. The van der Waals surface area contributed by atoms with E-state index < -0.39 is 0 Å². The summed E-state index contributed by atoms with van der Waals surface area (Å²) < 4.78 is 18.7. The van der Waals surface area contributed by atoms with Crippen LogP contribution in [0.1, 0.15) is 28.5 Å². The predicted molar refractivity (Wildman–Crippen MR) is 93.4 cm³/mol. The average molecular weight is 356 g/mol. The number of phenolic OH excluding ortho intramolecular Hbond substituents is 1. The topological polar surface area (TPSA) is 82.8 Å². The van der Waals surface area contributed by atoms with Crippen LogP contribution in [0, 0.1) is 0 Å². The molecule has 0 unspecified atom stereocenters. The van der Waals surface area contributed by atoms with E-state index in [0.717, 1.165) is 23.3 Å². The third kappa shape index (κ3) is 3.11. The minimum Gasteiger partial charge on any atom is -0.507 e. The molecule has 3 heterocycles. The molecular weight excluding hydrogens is 336 g/mol. The van der Waals surface area contributed by atoms with Crippen molar-refractivity contribution >= 4 is 11.9 Å². The van der Waals surface area contributed by atoms with E-state index in [4.69, 9.17) is 14.2 Å². The molecule has 1 aromatic carbocycles. The largest absolute Gasteiger partial charge is 0.507 e. The maximum atomic E-state index is 11.2. The normalized spacial score (nSPS) is 17.8. The Morgan fingerprint density at radius 2 is 2.19 bits per heavy atom. The number of aromatic nitrogens is 2. The van der Waals surface area contributed by atoms with Gasteiger partial charge in [-0.1, -0.05) is 6.07 Å². The molecule has 0 aliphatic carbocycles. The molecule has 136 valence electrons. The van der Waals surface area contributed by atoms with Crippen LogP contribution in [0.25, 0.3) is 5.57 Å². The summed E-state index contributed by atoms with van der Waals surface area (Å²) in [5, 5.41) is 14.2. The first-order chi connectivity index (χ1) is 12.8. The molecule has 0 spiro atoms. The highest BCUT2D eigenvalue weighted by Gasteiger charge is 2.26. The number of hydrogen-bond donors (Lipinski definition) is 1. The molecule has 1 saturated heterocycles. The maximum absolute atomic E-state index is 11.2. The first kappa shape index (κ1) is 16.8. The minimum atomic E-state index is -0.0883. The van der Waals surface area contributed by atoms with Gasteiger partial charge in [0.05, 0.1) is 43.7 Å². The molecule has 2 aliphatic rings. The predicted octanol–water partition coefficient (Wildman–Crippen LogP) is 2.23. The number of aldehydes is 1. The van der Waals surface area contributed by atoms with Crippen molar-refractivity contribution in [1.29, 1.82) is 0 Å². The summed E-state index contributed by atoms with van der Waals surface area (Å²) in [4.78, 5) is 11.2. The third-order valence-corrected chi connectivity index (χ3v) is 4.71. The first-order valence-corrected chi connectivity index (χ1v) is 8.58. The molecule has 0 amide bonds. The van der Waals surface area contributed by atoms with Gasteiger partial charge in [-0.3, -0.25) is 9.48 Å². The van der Waals surface area contributed by atoms with E-state index in [1.807, 2.05) is 10.7 Å². The lowest BCUT2D eigenvalue weighted by molar-refractivity contribution is -0.0290. The Bertz CT molecular complexity index is 838. The summed E-state index contributed by atoms with van der Waals surface area (Å²) in [6.45, 7) is 2.76. The molecule has 1 fully saturated rings. The fourth-order valence-corrected chi connectivity index (χ4v) is 3.22. The number of benzene rings is 1. The van der Waals surface area contributed by atoms with Crippen LogP contribution in [-0.2, 0) is 9.47 Å². The lowest BCUT2D eigenvalue weighted by Crippen LogP contribution is -2.32. The molecule has 2 aliphatic heterocycles. The molecule has 7 heteroatoms. The van der Waals surface area contributed by atoms with Crippen LogP contribution in [-0.4, -0.2) is 54.2 Å². The third-order valence-electron chi connectivity index (χ3n) is 4.71. The Morgan fingerprint density at radius 1 is 1.31 bits per heavy atom. The van der Waals surface area contributed by atoms with E-state index in [1.54, 1.807) is 18.3 Å². The van der Waals surface area contributed by atoms with Crippen molar-refractivity contribution in [3.63, 3.8) is 0 Å². The fourth-order valence-electron chi connectivity index (χ4n) is 3.22. The molecule has 0 radical (unpaired) electrons. The van der Waals surface area contributed by atoms with Crippen LogP contribution >= 0.6 is 0 Å². The number of ether oxygens (including phenoxy) is 3. The van der Waals surface area contributed by atoms with E-state index in [0.29, 0.717) is 38.5 Å². The monoisotopic (exact) mass is 356 g/mol. The highest BCUT2D eigenvalue weighted by Crippen LogP contribution is 2.31. The number of carbonyl (C=O) groups excluding carboxylic acids is 1. The van der Waals surface area contributed by atoms with Gasteiger partial charge < -0.3 is 19.3 Å². The molecule has 26 heavy (non-hydrogen) atoms. The van der Waals surface area contributed by atoms with Gasteiger partial charge in [0, 0.05) is 6.20 Å². The fraction of sp³-hybridized carbons (Fsp3) is 0.368. The van der Waals surface area contributed by atoms with Crippen molar-refractivity contribution in [2.45, 2.75) is 12.5 Å². The van der Waals surface area contributed by atoms with Crippen LogP contribution in [0.5, 0.6) is 11.5 Å². The highest BCUT2D eigenvalue weighted by molar-refractivity contribution is 5.83. The minimum absolute atomic E-state index is 0.0883. The van der Waals surface area contributed by atoms with Gasteiger partial charge in [-0.15, -0.1) is 0 Å². The molecule has 0 atom stereocenters. The van der Waals surface area contributed by atoms with Gasteiger partial charge in [-0.2, -0.15) is 5.10 Å². The Morgan fingerprint density at radius 3 is 2.96 bits per heavy atom. The number of phenols is 1. The summed E-state index contributed by atoms with van der Waals surface area (Å²) in [6, 6.07) is 7.05. The summed E-state index contributed by atoms with van der Waals surface area (Å²) in [5.74, 6) is 0.271. The zero-order valence-electron chi connectivity index (χ0n) is 14.3. The Kier molecular flexibility index (Phi) is 4.73. The maximum Gasteiger partial charge on any atom is 0.157 e. The second-order valence-electron chi connectivity index (χ2n) is 6.33. The number of carbonyl (C=O) groups is 1. The van der Waals surface area contributed by atoms with Gasteiger partial charge in [0.15, 0.2) is 6.29 Å². The second-order valence-corrected chi connectivity index (χ2v) is 6.33. The summed E-state index contributed by atoms with van der Waals surface area (Å²) in [5.41, 5.74) is 3.39. The molecule has 7 nitrogen and oxygen atoms in total. The van der Waals surface area contributed by atoms with Crippen molar-refractivity contribution in [1.82, 2.24) is 9.78 Å². The smallest absolute Gasteiger partial charge is 0.157 e. The van der Waals surface area contributed by atoms with Crippen LogP contribution < -0.4 is 4.74 Å². The van der Waals surface area contributed by atoms with Crippen LogP contribution in [0.2, 0.25) is 0 Å². The van der Waals surface area contributed by atoms with E-state index in [-0.39, 0.29) is 24.0 Å². The van der Waals surface area contributed by atoms with Crippen molar-refractivity contribution < 1.29 is 24.1 Å². The van der Waals surface area contributed by atoms with Crippen molar-refractivity contribution in [3.8, 4) is 11.5 Å². The van der Waals surface area contributed by atoms with Gasteiger partial charge in [0.25, 0.3) is 0 Å². The Balaban J connectivity index is 1.60. The van der Waals surface area contributed by atoms with Crippen molar-refractivity contribution in [3.05, 3.63) is 47.3 Å². The Hall–Kier alpha value is -2.64. The van der Waals surface area contributed by atoms with Gasteiger partial charge in [0.1, 0.15) is 18.1 Å². The summed E-state index contributed by atoms with van der Waals surface area (Å²) >= 11 is 0. The molecule has 0 bridgehead atoms. The SMILES string of the molecule is O=Cc1c(O)cccc1OCC1=C(c2ccnn2C2COC2)CCOC1. The number of hydrogen-bond acceptors (Lipinski definition) is 6. The average Bonchev–Trinajstić information content (AvgIpc) is 3.07. The number of nitrogens with zero attached hydrogens (tertiary/aromatic N) is 2. The Labute approximate surface area is 150 Å². The quantitative estimate of drug-likeness (QED) is 0.799. The molecule has 2 aromatic rings. The van der Waals surface area contributed by atoms with Crippen LogP contribution in [0.15, 0.2) is 36.0 Å². The van der Waals surface area contributed by atoms with Gasteiger partial charge in [0.2, 0.25) is 0 Å². The van der Waals surface area contributed by atoms with Gasteiger partial charge in [-0.25, -0.2) is 0 Å². The molecular formula is C19H20N2O5. The van der Waals surface area contributed by atoms with E-state index in [1.165, 1.54) is 6.07 Å². The zero-order chi connectivity index (χ0) is 17.9. The summed E-state index contributed by atoms with van der Waals surface area (Å²) in [6.07, 6.45) is 3.18. The zero-order valence-corrected chi connectivity index (χ0v) is 14.3. The van der Waals surface area contributed by atoms with Gasteiger partial charge >= 0.3 is 0 Å². The number of rotatable bonds is 6. The summed E-state index contributed by atoms with van der Waals surface area (Å²) in [7, 11) is 0. The lowest BCUT2D eigenvalue weighted by Gasteiger charge is -2.29. The lowest BCUT2D eigenvalue weighted by atomic mass is 10.0. The van der Waals surface area contributed by atoms with Crippen LogP contribution in [0.3, 0.4) is 0 Å². The standard InChI is InChI=1S/C19H20N2O5/c22-8-16-18(23)2-1-3-19(16)26-10-13-9-24-7-5-15(13)17-4-6-20-21(17)14-11-25-12-14/h1-4,6,8,14,23H,5,7,9-12H2. The van der Waals surface area contributed by atoms with E-state index in [2.05, 4.69) is 5.10 Å². The van der Waals surface area contributed by atoms with E-state index in [9.17, 15) is 9.90 Å². The molecule has 1 N–H and O–H groups in total. The number of aromatic hydroxyl groups is 1. The van der Waals surface area contributed by atoms with Crippen molar-refractivity contribution in [2.24, 2.45) is 0 Å². The van der Waals surface area contributed by atoms with Gasteiger partial charge in [-0.05, 0) is 35.8 Å². The van der Waals surface area contributed by atoms with Crippen molar-refractivity contribution in [2.75, 3.05) is 33.0 Å². The van der Waals surface area contributed by atoms with E-state index >= 15 is 0 Å². The molecule has 1 aromatic heterocycles. The molecule has 4 rings (SSSR count). The van der Waals surface area contributed by atoms with Crippen LogP contribution in [0.4, 0.5) is 0 Å². The second kappa shape index (κ2) is 7.31.